The molecule has 0 bridgehead atoms. The summed E-state index contributed by atoms with van der Waals surface area (Å²) in [7, 11) is 4.59. The van der Waals surface area contributed by atoms with Gasteiger partial charge in [0.15, 0.2) is 11.5 Å². The highest BCUT2D eigenvalue weighted by molar-refractivity contribution is 5.63. The normalized spacial score (nSPS) is 22.8. The van der Waals surface area contributed by atoms with Gasteiger partial charge in [0.2, 0.25) is 11.6 Å². The highest BCUT2D eigenvalue weighted by Gasteiger charge is 2.40. The number of hydrogen-bond acceptors (Lipinski definition) is 10. The van der Waals surface area contributed by atoms with Crippen LogP contribution in [0.5, 0.6) is 23.1 Å². The van der Waals surface area contributed by atoms with E-state index in [1.807, 2.05) is 0 Å². The summed E-state index contributed by atoms with van der Waals surface area (Å²) in [4.78, 5) is 12.6. The molecular formula is C21H28N4O7. The zero-order valence-electron chi connectivity index (χ0n) is 18.4. The largest absolute Gasteiger partial charge is 0.493 e. The molecule has 1 aliphatic heterocycles. The number of hydrogen-bond donors (Lipinski definition) is 3. The van der Waals surface area contributed by atoms with Gasteiger partial charge in [-0.1, -0.05) is 0 Å². The number of aromatic nitrogens is 2. The minimum Gasteiger partial charge on any atom is -0.493 e. The molecule has 0 amide bonds. The fourth-order valence-electron chi connectivity index (χ4n) is 3.52. The number of benzene rings is 1. The van der Waals surface area contributed by atoms with Crippen molar-refractivity contribution in [2.24, 2.45) is 10.7 Å². The zero-order chi connectivity index (χ0) is 23.3. The van der Waals surface area contributed by atoms with E-state index in [9.17, 15) is 10.2 Å². The number of nitrogens with two attached hydrogens (primary N) is 1. The first-order chi connectivity index (χ1) is 15.4. The average Bonchev–Trinajstić information content (AvgIpc) is 3.04. The van der Waals surface area contributed by atoms with Gasteiger partial charge in [0, 0.05) is 6.42 Å². The van der Waals surface area contributed by atoms with Crippen molar-refractivity contribution in [1.82, 2.24) is 9.97 Å². The maximum absolute atomic E-state index is 10.2. The van der Waals surface area contributed by atoms with Gasteiger partial charge in [-0.25, -0.2) is 9.98 Å². The molecule has 3 rings (SSSR count). The van der Waals surface area contributed by atoms with E-state index in [1.54, 1.807) is 19.1 Å². The van der Waals surface area contributed by atoms with Crippen molar-refractivity contribution in [3.63, 3.8) is 0 Å². The summed E-state index contributed by atoms with van der Waals surface area (Å²) in [6.45, 7) is 1.82. The zero-order valence-corrected chi connectivity index (χ0v) is 18.4. The second-order valence-electron chi connectivity index (χ2n) is 7.14. The van der Waals surface area contributed by atoms with Crippen LogP contribution >= 0.6 is 0 Å². The molecule has 32 heavy (non-hydrogen) atoms. The minimum atomic E-state index is -1.04. The molecule has 0 unspecified atom stereocenters. The van der Waals surface area contributed by atoms with Gasteiger partial charge in [-0.15, -0.1) is 0 Å². The molecule has 1 fully saturated rings. The molecular weight excluding hydrogens is 420 g/mol. The Hall–Kier alpha value is -3.15. The number of nitrogens with zero attached hydrogens (tertiary/aromatic N) is 3. The Balaban J connectivity index is 1.84. The molecule has 0 aliphatic carbocycles. The molecule has 0 spiro atoms. The maximum Gasteiger partial charge on any atom is 0.243 e. The Morgan fingerprint density at radius 2 is 1.78 bits per heavy atom. The number of rotatable bonds is 9. The smallest absolute Gasteiger partial charge is 0.243 e. The lowest BCUT2D eigenvalue weighted by Gasteiger charge is -2.17. The van der Waals surface area contributed by atoms with Gasteiger partial charge < -0.3 is 39.6 Å². The van der Waals surface area contributed by atoms with E-state index in [0.717, 1.165) is 11.9 Å². The molecule has 2 aromatic rings. The van der Waals surface area contributed by atoms with Crippen LogP contribution in [0.25, 0.3) is 0 Å². The number of aliphatic hydroxyl groups is 2. The van der Waals surface area contributed by atoms with Crippen LogP contribution in [-0.2, 0) is 17.8 Å². The summed E-state index contributed by atoms with van der Waals surface area (Å²) in [6.07, 6.45) is -0.525. The Kier molecular flexibility index (Phi) is 7.67. The monoisotopic (exact) mass is 448 g/mol. The first kappa shape index (κ1) is 23.5. The molecule has 1 aromatic carbocycles. The molecule has 1 aliphatic rings. The summed E-state index contributed by atoms with van der Waals surface area (Å²) in [6, 6.07) is 3.53. The summed E-state index contributed by atoms with van der Waals surface area (Å²) >= 11 is 0. The van der Waals surface area contributed by atoms with E-state index in [4.69, 9.17) is 29.4 Å². The first-order valence-electron chi connectivity index (χ1n) is 9.94. The SMILES string of the molecule is COc1cc(COc2ncnc(C[C@@H]3O[C@H](C)[C@@H](O)[C@H]3O)c2N=CN)cc(OC)c1OC. The lowest BCUT2D eigenvalue weighted by molar-refractivity contribution is 0.0164. The summed E-state index contributed by atoms with van der Waals surface area (Å²) in [5.41, 5.74) is 7.04. The van der Waals surface area contributed by atoms with Gasteiger partial charge in [0.05, 0.1) is 45.6 Å². The van der Waals surface area contributed by atoms with E-state index >= 15 is 0 Å². The summed E-state index contributed by atoms with van der Waals surface area (Å²) in [5, 5.41) is 20.2. The Morgan fingerprint density at radius 3 is 2.31 bits per heavy atom. The lowest BCUT2D eigenvalue weighted by atomic mass is 10.0. The first-order valence-corrected chi connectivity index (χ1v) is 9.94. The van der Waals surface area contributed by atoms with Crippen LogP contribution in [0.2, 0.25) is 0 Å². The molecule has 2 heterocycles. The summed E-state index contributed by atoms with van der Waals surface area (Å²) < 4.78 is 27.6. The van der Waals surface area contributed by atoms with E-state index in [2.05, 4.69) is 15.0 Å². The predicted molar refractivity (Wildman–Crippen MR) is 115 cm³/mol. The third kappa shape index (κ3) is 4.85. The highest BCUT2D eigenvalue weighted by atomic mass is 16.5. The minimum absolute atomic E-state index is 0.124. The van der Waals surface area contributed by atoms with Crippen molar-refractivity contribution >= 4 is 12.0 Å². The third-order valence-electron chi connectivity index (χ3n) is 5.16. The van der Waals surface area contributed by atoms with E-state index < -0.39 is 24.4 Å². The standard InChI is InChI=1S/C21H28N4O7/c1-11-18(26)19(27)14(32-11)7-13-17(23-9-22)21(25-10-24-13)31-8-12-5-15(28-2)20(30-4)16(6-12)29-3/h5-6,9-11,14,18-19,26-27H,7-8H2,1-4H3,(H2,22,23)/t11-,14+,18-,19+/m1/s1. The van der Waals surface area contributed by atoms with Crippen LogP contribution in [0.15, 0.2) is 23.5 Å². The Morgan fingerprint density at radius 1 is 1.09 bits per heavy atom. The molecule has 4 N–H and O–H groups in total. The van der Waals surface area contributed by atoms with Gasteiger partial charge in [-0.2, -0.15) is 4.98 Å². The lowest BCUT2D eigenvalue weighted by Crippen LogP contribution is -2.32. The number of methoxy groups -OCH3 is 3. The van der Waals surface area contributed by atoms with Gasteiger partial charge in [-0.05, 0) is 24.6 Å². The van der Waals surface area contributed by atoms with Crippen LogP contribution in [0.3, 0.4) is 0 Å². The molecule has 0 radical (unpaired) electrons. The van der Waals surface area contributed by atoms with Crippen molar-refractivity contribution < 1.29 is 33.9 Å². The highest BCUT2D eigenvalue weighted by Crippen LogP contribution is 2.39. The molecule has 174 valence electrons. The number of aliphatic hydroxyl groups excluding tert-OH is 2. The van der Waals surface area contributed by atoms with Crippen LogP contribution in [0.4, 0.5) is 5.69 Å². The molecule has 4 atom stereocenters. The second-order valence-corrected chi connectivity index (χ2v) is 7.14. The number of aliphatic imine (C=N–C) groups is 1. The van der Waals surface area contributed by atoms with Gasteiger partial charge in [0.1, 0.15) is 30.8 Å². The number of ether oxygens (including phenoxy) is 5. The Bertz CT molecular complexity index is 931. The van der Waals surface area contributed by atoms with Crippen molar-refractivity contribution in [2.45, 2.75) is 44.4 Å². The van der Waals surface area contributed by atoms with Crippen LogP contribution in [0.1, 0.15) is 18.2 Å². The van der Waals surface area contributed by atoms with Crippen molar-refractivity contribution in [3.05, 3.63) is 29.7 Å². The average molecular weight is 448 g/mol. The van der Waals surface area contributed by atoms with Crippen LogP contribution in [-0.4, -0.2) is 72.3 Å². The topological polar surface area (TPSA) is 151 Å². The third-order valence-corrected chi connectivity index (χ3v) is 5.16. The predicted octanol–water partition coefficient (Wildman–Crippen LogP) is 0.752. The molecule has 1 saturated heterocycles. The van der Waals surface area contributed by atoms with Crippen LogP contribution < -0.4 is 24.7 Å². The fraction of sp³-hybridized carbons (Fsp3) is 0.476. The van der Waals surface area contributed by atoms with E-state index in [-0.39, 0.29) is 18.9 Å². The quantitative estimate of drug-likeness (QED) is 0.370. The molecule has 1 aromatic heterocycles. The maximum atomic E-state index is 10.2. The van der Waals surface area contributed by atoms with Crippen molar-refractivity contribution in [3.8, 4) is 23.1 Å². The van der Waals surface area contributed by atoms with Crippen molar-refractivity contribution in [2.75, 3.05) is 21.3 Å². The fourth-order valence-corrected chi connectivity index (χ4v) is 3.52. The van der Waals surface area contributed by atoms with E-state index in [0.29, 0.717) is 28.6 Å². The van der Waals surface area contributed by atoms with Crippen molar-refractivity contribution in [1.29, 1.82) is 0 Å². The van der Waals surface area contributed by atoms with Gasteiger partial charge in [0.25, 0.3) is 0 Å². The van der Waals surface area contributed by atoms with Gasteiger partial charge in [-0.3, -0.25) is 0 Å². The van der Waals surface area contributed by atoms with Gasteiger partial charge >= 0.3 is 0 Å². The Labute approximate surface area is 185 Å². The second kappa shape index (κ2) is 10.4. The van der Waals surface area contributed by atoms with Crippen LogP contribution in [0, 0.1) is 0 Å². The molecule has 11 heteroatoms. The summed E-state index contributed by atoms with van der Waals surface area (Å²) in [5.74, 6) is 1.66. The molecule has 11 nitrogen and oxygen atoms in total. The van der Waals surface area contributed by atoms with E-state index in [1.165, 1.54) is 27.7 Å². The molecule has 0 saturated carbocycles.